The number of aliphatic imine (C=N–C) groups is 1. The Labute approximate surface area is 163 Å². The monoisotopic (exact) mass is 369 g/mol. The van der Waals surface area contributed by atoms with Crippen LogP contribution in [0.2, 0.25) is 0 Å². The lowest BCUT2D eigenvalue weighted by atomic mass is 9.76. The Balaban J connectivity index is 1.88. The highest BCUT2D eigenvalue weighted by molar-refractivity contribution is 5.95. The molecule has 1 N–H and O–H groups in total. The maximum Gasteiger partial charge on any atom is 0.251 e. The maximum absolute atomic E-state index is 12.6. The third-order valence-corrected chi connectivity index (χ3v) is 4.80. The van der Waals surface area contributed by atoms with Crippen LogP contribution < -0.4 is 5.32 Å². The van der Waals surface area contributed by atoms with Gasteiger partial charge in [0.2, 0.25) is 0 Å². The van der Waals surface area contributed by atoms with Crippen molar-refractivity contribution in [1.82, 2.24) is 10.3 Å². The van der Waals surface area contributed by atoms with Crippen molar-refractivity contribution in [3.63, 3.8) is 0 Å². The molecule has 138 valence electrons. The van der Waals surface area contributed by atoms with Crippen LogP contribution in [0.1, 0.15) is 41.3 Å². The number of aromatic nitrogens is 1. The molecule has 0 saturated heterocycles. The van der Waals surface area contributed by atoms with Gasteiger partial charge in [-0.2, -0.15) is 10.5 Å². The lowest BCUT2D eigenvalue weighted by molar-refractivity contribution is 0.0951. The molecular formula is C22H19N5O. The summed E-state index contributed by atoms with van der Waals surface area (Å²) in [5.41, 5.74) is 3.95. The molecular weight excluding hydrogens is 350 g/mol. The average molecular weight is 369 g/mol. The predicted molar refractivity (Wildman–Crippen MR) is 105 cm³/mol. The molecule has 1 aromatic heterocycles. The maximum atomic E-state index is 12.6. The minimum atomic E-state index is -0.534. The summed E-state index contributed by atoms with van der Waals surface area (Å²) in [6.45, 7) is 3.96. The number of nitriles is 2. The molecule has 6 nitrogen and oxygen atoms in total. The van der Waals surface area contributed by atoms with Gasteiger partial charge in [0.05, 0.1) is 29.3 Å². The Hall–Kier alpha value is -3.77. The molecule has 0 radical (unpaired) electrons. The van der Waals surface area contributed by atoms with E-state index in [0.29, 0.717) is 29.1 Å². The van der Waals surface area contributed by atoms with Crippen LogP contribution in [0, 0.1) is 28.6 Å². The van der Waals surface area contributed by atoms with Crippen molar-refractivity contribution in [2.45, 2.75) is 26.3 Å². The Morgan fingerprint density at radius 1 is 1.18 bits per heavy atom. The van der Waals surface area contributed by atoms with Crippen LogP contribution >= 0.6 is 0 Å². The zero-order valence-corrected chi connectivity index (χ0v) is 15.7. The van der Waals surface area contributed by atoms with Crippen LogP contribution in [0.5, 0.6) is 0 Å². The van der Waals surface area contributed by atoms with E-state index in [0.717, 1.165) is 11.1 Å². The number of allylic oxidation sites excluding steroid dienone is 2. The Kier molecular flexibility index (Phi) is 5.62. The molecule has 0 saturated carbocycles. The fourth-order valence-electron chi connectivity index (χ4n) is 3.36. The van der Waals surface area contributed by atoms with Crippen molar-refractivity contribution >= 4 is 11.6 Å². The lowest BCUT2D eigenvalue weighted by Gasteiger charge is -2.27. The number of benzene rings is 1. The molecule has 1 amide bonds. The normalized spacial score (nSPS) is 18.6. The quantitative estimate of drug-likeness (QED) is 0.891. The smallest absolute Gasteiger partial charge is 0.251 e. The topological polar surface area (TPSA) is 102 Å². The minimum absolute atomic E-state index is 0.215. The summed E-state index contributed by atoms with van der Waals surface area (Å²) in [5, 5.41) is 22.1. The number of hydrogen-bond donors (Lipinski definition) is 1. The molecule has 1 aromatic carbocycles. The lowest BCUT2D eigenvalue weighted by Crippen LogP contribution is -2.26. The van der Waals surface area contributed by atoms with Crippen LogP contribution in [0.25, 0.3) is 0 Å². The second-order valence-electron chi connectivity index (χ2n) is 6.61. The van der Waals surface area contributed by atoms with E-state index in [1.807, 2.05) is 18.2 Å². The summed E-state index contributed by atoms with van der Waals surface area (Å²) in [5.74, 6) is -1.18. The van der Waals surface area contributed by atoms with Crippen LogP contribution in [0.4, 0.5) is 0 Å². The zero-order valence-electron chi connectivity index (χ0n) is 15.7. The van der Waals surface area contributed by atoms with E-state index in [4.69, 9.17) is 0 Å². The molecule has 0 fully saturated rings. The van der Waals surface area contributed by atoms with Crippen LogP contribution in [-0.2, 0) is 6.54 Å². The third kappa shape index (κ3) is 3.82. The van der Waals surface area contributed by atoms with Crippen molar-refractivity contribution in [2.75, 3.05) is 0 Å². The minimum Gasteiger partial charge on any atom is -0.348 e. The zero-order chi connectivity index (χ0) is 20.1. The van der Waals surface area contributed by atoms with Crippen molar-refractivity contribution in [2.24, 2.45) is 10.9 Å². The summed E-state index contributed by atoms with van der Waals surface area (Å²) >= 11 is 0. The molecule has 3 rings (SSSR count). The summed E-state index contributed by atoms with van der Waals surface area (Å²) in [6.07, 6.45) is 3.35. The van der Waals surface area contributed by atoms with E-state index in [9.17, 15) is 15.3 Å². The highest BCUT2D eigenvalue weighted by Gasteiger charge is 2.34. The van der Waals surface area contributed by atoms with E-state index in [2.05, 4.69) is 27.4 Å². The molecule has 2 aromatic rings. The number of hydrogen-bond acceptors (Lipinski definition) is 5. The first-order valence-electron chi connectivity index (χ1n) is 8.88. The molecule has 2 atom stereocenters. The number of amides is 1. The van der Waals surface area contributed by atoms with Gasteiger partial charge >= 0.3 is 0 Å². The van der Waals surface area contributed by atoms with Crippen molar-refractivity contribution in [3.8, 4) is 12.1 Å². The van der Waals surface area contributed by atoms with E-state index in [1.54, 1.807) is 44.4 Å². The largest absolute Gasteiger partial charge is 0.348 e. The van der Waals surface area contributed by atoms with E-state index < -0.39 is 11.8 Å². The van der Waals surface area contributed by atoms with Gasteiger partial charge in [-0.25, -0.2) is 0 Å². The second-order valence-corrected chi connectivity index (χ2v) is 6.61. The first kappa shape index (κ1) is 19.0. The highest BCUT2D eigenvalue weighted by Crippen LogP contribution is 2.38. The van der Waals surface area contributed by atoms with Gasteiger partial charge in [-0.3, -0.25) is 14.8 Å². The first-order valence-corrected chi connectivity index (χ1v) is 8.88. The third-order valence-electron chi connectivity index (χ3n) is 4.80. The van der Waals surface area contributed by atoms with Crippen molar-refractivity contribution < 1.29 is 4.79 Å². The van der Waals surface area contributed by atoms with Gasteiger partial charge in [0.1, 0.15) is 0 Å². The summed E-state index contributed by atoms with van der Waals surface area (Å²) in [6, 6.07) is 15.2. The Morgan fingerprint density at radius 2 is 1.93 bits per heavy atom. The Bertz CT molecular complexity index is 1040. The number of carbonyl (C=O) groups is 1. The Morgan fingerprint density at radius 3 is 2.61 bits per heavy atom. The van der Waals surface area contributed by atoms with Gasteiger partial charge in [0.15, 0.2) is 0 Å². The van der Waals surface area contributed by atoms with Crippen LogP contribution in [0.3, 0.4) is 0 Å². The number of carbonyl (C=O) groups excluding carboxylic acids is 1. The fourth-order valence-corrected chi connectivity index (χ4v) is 3.36. The van der Waals surface area contributed by atoms with E-state index in [-0.39, 0.29) is 5.91 Å². The van der Waals surface area contributed by atoms with Crippen molar-refractivity contribution in [3.05, 3.63) is 76.8 Å². The predicted octanol–water partition coefficient (Wildman–Crippen LogP) is 3.51. The molecule has 1 aliphatic heterocycles. The van der Waals surface area contributed by atoms with E-state index in [1.165, 1.54) is 0 Å². The van der Waals surface area contributed by atoms with E-state index >= 15 is 0 Å². The summed E-state index contributed by atoms with van der Waals surface area (Å²) < 4.78 is 0. The van der Waals surface area contributed by atoms with Crippen LogP contribution in [-0.4, -0.2) is 16.6 Å². The highest BCUT2D eigenvalue weighted by atomic mass is 16.1. The molecule has 0 aliphatic carbocycles. The molecule has 28 heavy (non-hydrogen) atoms. The molecule has 0 bridgehead atoms. The standard InChI is InChI=1S/C22H19N5O/c1-14-19(11-23)21(20(12-24)15(2)27-14)17-4-3-5-18(10-17)22(28)26-13-16-6-8-25-9-7-16/h3-10,19,21H,13H2,1-2H3,(H,26,28). The molecule has 1 aliphatic rings. The van der Waals surface area contributed by atoms with Gasteiger partial charge in [-0.1, -0.05) is 12.1 Å². The fraction of sp³-hybridized carbons (Fsp3) is 0.227. The van der Waals surface area contributed by atoms with Gasteiger partial charge in [-0.05, 0) is 49.2 Å². The molecule has 0 spiro atoms. The molecule has 6 heteroatoms. The van der Waals surface area contributed by atoms with Crippen molar-refractivity contribution in [1.29, 1.82) is 10.5 Å². The summed E-state index contributed by atoms with van der Waals surface area (Å²) in [7, 11) is 0. The molecule has 2 heterocycles. The van der Waals surface area contributed by atoms with Gasteiger partial charge in [0.25, 0.3) is 5.91 Å². The van der Waals surface area contributed by atoms with Gasteiger partial charge < -0.3 is 5.32 Å². The SMILES string of the molecule is CC1=NC(C)=C(C#N)C(c2cccc(C(=O)NCc3ccncc3)c2)C1C#N. The first-order chi connectivity index (χ1) is 13.5. The number of rotatable bonds is 4. The second kappa shape index (κ2) is 8.28. The van der Waals surface area contributed by atoms with Gasteiger partial charge in [-0.15, -0.1) is 0 Å². The number of nitrogens with zero attached hydrogens (tertiary/aromatic N) is 4. The van der Waals surface area contributed by atoms with Crippen LogP contribution in [0.15, 0.2) is 65.1 Å². The molecule has 2 unspecified atom stereocenters. The number of pyridine rings is 1. The summed E-state index contributed by atoms with van der Waals surface area (Å²) in [4.78, 5) is 20.9. The average Bonchev–Trinajstić information content (AvgIpc) is 2.72. The van der Waals surface area contributed by atoms with Gasteiger partial charge in [0, 0.05) is 36.1 Å². The number of nitrogens with one attached hydrogen (secondary N) is 1.